The molecule has 1 amide bonds. The van der Waals surface area contributed by atoms with E-state index in [2.05, 4.69) is 10.3 Å². The number of amides is 1. The molecule has 1 heterocycles. The highest BCUT2D eigenvalue weighted by Crippen LogP contribution is 2.22. The second-order valence-corrected chi connectivity index (χ2v) is 4.07. The summed E-state index contributed by atoms with van der Waals surface area (Å²) in [5.41, 5.74) is 1.69. The molecule has 0 radical (unpaired) electrons. The first-order valence-corrected chi connectivity index (χ1v) is 5.93. The standard InChI is InChI=1S/C15H12N2O2/c18-15(19-11-5-2-1-3-6-11)17-14-8-4-7-13-12(14)9-10-16-13/h1-10,16H,(H,17,18). The molecule has 1 aromatic heterocycles. The monoisotopic (exact) mass is 252 g/mol. The third kappa shape index (κ3) is 2.42. The van der Waals surface area contributed by atoms with Crippen LogP contribution < -0.4 is 10.1 Å². The Balaban J connectivity index is 1.78. The Bertz CT molecular complexity index is 704. The van der Waals surface area contributed by atoms with Gasteiger partial charge in [0.05, 0.1) is 5.69 Å². The third-order valence-electron chi connectivity index (χ3n) is 2.79. The number of fused-ring (bicyclic) bond motifs is 1. The average molecular weight is 252 g/mol. The van der Waals surface area contributed by atoms with Crippen molar-refractivity contribution in [1.82, 2.24) is 4.98 Å². The van der Waals surface area contributed by atoms with Crippen LogP contribution in [-0.2, 0) is 0 Å². The predicted molar refractivity (Wildman–Crippen MR) is 74.4 cm³/mol. The summed E-state index contributed by atoms with van der Waals surface area (Å²) in [6.07, 6.45) is 1.33. The van der Waals surface area contributed by atoms with Gasteiger partial charge in [-0.25, -0.2) is 4.79 Å². The Morgan fingerprint density at radius 3 is 2.68 bits per heavy atom. The lowest BCUT2D eigenvalue weighted by Gasteiger charge is -2.07. The van der Waals surface area contributed by atoms with Crippen LogP contribution in [0, 0.1) is 0 Å². The highest BCUT2D eigenvalue weighted by atomic mass is 16.6. The Kier molecular flexibility index (Phi) is 2.90. The predicted octanol–water partition coefficient (Wildman–Crippen LogP) is 3.78. The van der Waals surface area contributed by atoms with Crippen LogP contribution >= 0.6 is 0 Å². The van der Waals surface area contributed by atoms with Crippen LogP contribution in [0.1, 0.15) is 0 Å². The molecule has 0 aliphatic carbocycles. The van der Waals surface area contributed by atoms with Crippen LogP contribution in [-0.4, -0.2) is 11.1 Å². The summed E-state index contributed by atoms with van der Waals surface area (Å²) in [6, 6.07) is 16.5. The van der Waals surface area contributed by atoms with Gasteiger partial charge in [-0.1, -0.05) is 24.3 Å². The topological polar surface area (TPSA) is 54.1 Å². The molecule has 0 aliphatic heterocycles. The highest BCUT2D eigenvalue weighted by molar-refractivity contribution is 5.99. The van der Waals surface area contributed by atoms with Gasteiger partial charge in [0.1, 0.15) is 5.75 Å². The Morgan fingerprint density at radius 1 is 1.00 bits per heavy atom. The summed E-state index contributed by atoms with van der Waals surface area (Å²) in [7, 11) is 0. The zero-order valence-corrected chi connectivity index (χ0v) is 10.1. The van der Waals surface area contributed by atoms with Crippen molar-refractivity contribution in [1.29, 1.82) is 0 Å². The molecule has 0 spiro atoms. The van der Waals surface area contributed by atoms with Gasteiger partial charge in [0.15, 0.2) is 0 Å². The fourth-order valence-electron chi connectivity index (χ4n) is 1.93. The number of hydrogen-bond acceptors (Lipinski definition) is 2. The molecule has 0 fully saturated rings. The molecular formula is C15H12N2O2. The first-order valence-electron chi connectivity index (χ1n) is 5.93. The summed E-state index contributed by atoms with van der Waals surface area (Å²) in [6.45, 7) is 0. The fraction of sp³-hybridized carbons (Fsp3) is 0. The SMILES string of the molecule is O=C(Nc1cccc2[nH]ccc12)Oc1ccccc1. The quantitative estimate of drug-likeness (QED) is 0.729. The van der Waals surface area contributed by atoms with Gasteiger partial charge in [0.2, 0.25) is 0 Å². The average Bonchev–Trinajstić information content (AvgIpc) is 2.89. The number of para-hydroxylation sites is 1. The first kappa shape index (κ1) is 11.3. The maximum Gasteiger partial charge on any atom is 0.417 e. The molecule has 0 aliphatic rings. The van der Waals surface area contributed by atoms with Crippen LogP contribution in [0.5, 0.6) is 5.75 Å². The number of rotatable bonds is 2. The molecule has 2 aromatic carbocycles. The minimum absolute atomic E-state index is 0.500. The Labute approximate surface area is 110 Å². The molecule has 94 valence electrons. The molecule has 0 saturated heterocycles. The lowest BCUT2D eigenvalue weighted by atomic mass is 10.2. The highest BCUT2D eigenvalue weighted by Gasteiger charge is 2.07. The zero-order chi connectivity index (χ0) is 13.1. The number of carbonyl (C=O) groups excluding carboxylic acids is 1. The summed E-state index contributed by atoms with van der Waals surface area (Å²) < 4.78 is 5.18. The number of hydrogen-bond donors (Lipinski definition) is 2. The first-order chi connectivity index (χ1) is 9.33. The normalized spacial score (nSPS) is 10.3. The minimum atomic E-state index is -0.500. The van der Waals surface area contributed by atoms with Crippen molar-refractivity contribution in [3.05, 3.63) is 60.8 Å². The van der Waals surface area contributed by atoms with Crippen LogP contribution in [0.2, 0.25) is 0 Å². The molecule has 0 saturated carbocycles. The van der Waals surface area contributed by atoms with Crippen molar-refractivity contribution in [3.63, 3.8) is 0 Å². The summed E-state index contributed by atoms with van der Waals surface area (Å²) in [4.78, 5) is 14.9. The minimum Gasteiger partial charge on any atom is -0.410 e. The molecule has 2 N–H and O–H groups in total. The van der Waals surface area contributed by atoms with Crippen LogP contribution in [0.15, 0.2) is 60.8 Å². The summed E-state index contributed by atoms with van der Waals surface area (Å²) >= 11 is 0. The largest absolute Gasteiger partial charge is 0.417 e. The van der Waals surface area contributed by atoms with E-state index in [0.29, 0.717) is 5.75 Å². The van der Waals surface area contributed by atoms with Crippen molar-refractivity contribution < 1.29 is 9.53 Å². The van der Waals surface area contributed by atoms with Gasteiger partial charge in [0.25, 0.3) is 0 Å². The van der Waals surface area contributed by atoms with Gasteiger partial charge in [-0.05, 0) is 30.3 Å². The fourth-order valence-corrected chi connectivity index (χ4v) is 1.93. The Hall–Kier alpha value is -2.75. The number of carbonyl (C=O) groups is 1. The molecule has 19 heavy (non-hydrogen) atoms. The van der Waals surface area contributed by atoms with E-state index in [9.17, 15) is 4.79 Å². The molecule has 3 aromatic rings. The number of aromatic amines is 1. The lowest BCUT2D eigenvalue weighted by molar-refractivity contribution is 0.215. The molecule has 0 atom stereocenters. The number of anilines is 1. The van der Waals surface area contributed by atoms with E-state index in [1.165, 1.54) is 0 Å². The number of aromatic nitrogens is 1. The summed E-state index contributed by atoms with van der Waals surface area (Å²) in [5.74, 6) is 0.515. The van der Waals surface area contributed by atoms with Crippen molar-refractivity contribution in [3.8, 4) is 5.75 Å². The van der Waals surface area contributed by atoms with Crippen LogP contribution in [0.25, 0.3) is 10.9 Å². The number of nitrogens with one attached hydrogen (secondary N) is 2. The molecule has 4 nitrogen and oxygen atoms in total. The van der Waals surface area contributed by atoms with E-state index < -0.39 is 6.09 Å². The second kappa shape index (κ2) is 4.86. The van der Waals surface area contributed by atoms with E-state index in [0.717, 1.165) is 16.6 Å². The molecule has 3 rings (SSSR count). The lowest BCUT2D eigenvalue weighted by Crippen LogP contribution is -2.16. The van der Waals surface area contributed by atoms with E-state index in [1.807, 2.05) is 48.7 Å². The van der Waals surface area contributed by atoms with E-state index >= 15 is 0 Å². The summed E-state index contributed by atoms with van der Waals surface area (Å²) in [5, 5.41) is 3.69. The smallest absolute Gasteiger partial charge is 0.410 e. The molecule has 0 bridgehead atoms. The van der Waals surface area contributed by atoms with Gasteiger partial charge < -0.3 is 9.72 Å². The van der Waals surface area contributed by atoms with Crippen molar-refractivity contribution in [2.24, 2.45) is 0 Å². The number of benzene rings is 2. The van der Waals surface area contributed by atoms with Gasteiger partial charge >= 0.3 is 6.09 Å². The molecule has 4 heteroatoms. The molecular weight excluding hydrogens is 240 g/mol. The van der Waals surface area contributed by atoms with E-state index in [4.69, 9.17) is 4.74 Å². The van der Waals surface area contributed by atoms with Crippen LogP contribution in [0.3, 0.4) is 0 Å². The third-order valence-corrected chi connectivity index (χ3v) is 2.79. The number of ether oxygens (including phenoxy) is 1. The van der Waals surface area contributed by atoms with Crippen molar-refractivity contribution >= 4 is 22.7 Å². The van der Waals surface area contributed by atoms with Crippen molar-refractivity contribution in [2.75, 3.05) is 5.32 Å². The van der Waals surface area contributed by atoms with Gasteiger partial charge in [-0.3, -0.25) is 5.32 Å². The maximum absolute atomic E-state index is 11.8. The van der Waals surface area contributed by atoms with Gasteiger partial charge in [-0.2, -0.15) is 0 Å². The number of H-pyrrole nitrogens is 1. The van der Waals surface area contributed by atoms with Gasteiger partial charge in [0, 0.05) is 17.1 Å². The van der Waals surface area contributed by atoms with E-state index in [1.54, 1.807) is 12.1 Å². The van der Waals surface area contributed by atoms with Gasteiger partial charge in [-0.15, -0.1) is 0 Å². The second-order valence-electron chi connectivity index (χ2n) is 4.07. The molecule has 0 unspecified atom stereocenters. The zero-order valence-electron chi connectivity index (χ0n) is 10.1. The van der Waals surface area contributed by atoms with E-state index in [-0.39, 0.29) is 0 Å². The maximum atomic E-state index is 11.8. The van der Waals surface area contributed by atoms with Crippen molar-refractivity contribution in [2.45, 2.75) is 0 Å². The Morgan fingerprint density at radius 2 is 1.84 bits per heavy atom. The van der Waals surface area contributed by atoms with Crippen LogP contribution in [0.4, 0.5) is 10.5 Å².